The summed E-state index contributed by atoms with van der Waals surface area (Å²) in [6, 6.07) is 5.01. The second-order valence-electron chi connectivity index (χ2n) is 4.22. The number of nitrogens with two attached hydrogens (primary N) is 1. The normalized spacial score (nSPS) is 14.4. The lowest BCUT2D eigenvalue weighted by Gasteiger charge is -2.16. The Morgan fingerprint density at radius 1 is 1.41 bits per heavy atom. The molecule has 0 fully saturated rings. The first-order chi connectivity index (χ1) is 7.90. The van der Waals surface area contributed by atoms with Gasteiger partial charge in [0.15, 0.2) is 0 Å². The average Bonchev–Trinajstić information content (AvgIpc) is 2.20. The van der Waals surface area contributed by atoms with Crippen molar-refractivity contribution in [2.75, 3.05) is 0 Å². The molecular weight excluding hydrogens is 261 g/mol. The SMILES string of the molecule is CC(CC(=O)O)CC(N)c1ccc(Cl)c(Cl)c1. The molecule has 0 amide bonds. The van der Waals surface area contributed by atoms with Crippen molar-refractivity contribution in [1.29, 1.82) is 0 Å². The van der Waals surface area contributed by atoms with E-state index in [-0.39, 0.29) is 18.4 Å². The Balaban J connectivity index is 2.66. The van der Waals surface area contributed by atoms with Gasteiger partial charge in [0, 0.05) is 12.5 Å². The number of carbonyl (C=O) groups is 1. The highest BCUT2D eigenvalue weighted by molar-refractivity contribution is 6.42. The number of rotatable bonds is 5. The summed E-state index contributed by atoms with van der Waals surface area (Å²) in [5, 5.41) is 9.62. The molecule has 0 spiro atoms. The summed E-state index contributed by atoms with van der Waals surface area (Å²) in [5.41, 5.74) is 6.87. The maximum absolute atomic E-state index is 10.5. The lowest BCUT2D eigenvalue weighted by atomic mass is 9.94. The number of halogens is 2. The molecule has 1 aromatic rings. The Labute approximate surface area is 111 Å². The van der Waals surface area contributed by atoms with Crippen LogP contribution in [0, 0.1) is 5.92 Å². The van der Waals surface area contributed by atoms with Gasteiger partial charge in [0.25, 0.3) is 0 Å². The van der Waals surface area contributed by atoms with Crippen LogP contribution in [0.2, 0.25) is 10.0 Å². The monoisotopic (exact) mass is 275 g/mol. The smallest absolute Gasteiger partial charge is 0.303 e. The Kier molecular flexibility index (Phi) is 5.25. The maximum Gasteiger partial charge on any atom is 0.303 e. The van der Waals surface area contributed by atoms with E-state index in [1.54, 1.807) is 12.1 Å². The van der Waals surface area contributed by atoms with Gasteiger partial charge in [-0.1, -0.05) is 36.2 Å². The highest BCUT2D eigenvalue weighted by Gasteiger charge is 2.14. The van der Waals surface area contributed by atoms with E-state index in [0.29, 0.717) is 16.5 Å². The maximum atomic E-state index is 10.5. The van der Waals surface area contributed by atoms with Crippen molar-refractivity contribution >= 4 is 29.2 Å². The highest BCUT2D eigenvalue weighted by Crippen LogP contribution is 2.27. The largest absolute Gasteiger partial charge is 0.481 e. The van der Waals surface area contributed by atoms with Crippen molar-refractivity contribution in [3.63, 3.8) is 0 Å². The van der Waals surface area contributed by atoms with Crippen molar-refractivity contribution < 1.29 is 9.90 Å². The minimum Gasteiger partial charge on any atom is -0.481 e. The van der Waals surface area contributed by atoms with Crippen LogP contribution in [0.3, 0.4) is 0 Å². The molecular formula is C12H15Cl2NO2. The van der Waals surface area contributed by atoms with Crippen LogP contribution in [-0.2, 0) is 4.79 Å². The fourth-order valence-electron chi connectivity index (χ4n) is 1.69. The molecule has 0 saturated heterocycles. The van der Waals surface area contributed by atoms with Crippen molar-refractivity contribution in [2.45, 2.75) is 25.8 Å². The van der Waals surface area contributed by atoms with E-state index < -0.39 is 5.97 Å². The molecule has 2 unspecified atom stereocenters. The second-order valence-corrected chi connectivity index (χ2v) is 5.03. The molecule has 3 nitrogen and oxygen atoms in total. The molecule has 2 atom stereocenters. The van der Waals surface area contributed by atoms with Crippen molar-refractivity contribution in [3.8, 4) is 0 Å². The zero-order valence-corrected chi connectivity index (χ0v) is 11.0. The zero-order chi connectivity index (χ0) is 13.0. The molecule has 0 aliphatic heterocycles. The van der Waals surface area contributed by atoms with Crippen LogP contribution in [-0.4, -0.2) is 11.1 Å². The summed E-state index contributed by atoms with van der Waals surface area (Å²) >= 11 is 11.7. The highest BCUT2D eigenvalue weighted by atomic mass is 35.5. The number of hydrogen-bond donors (Lipinski definition) is 2. The van der Waals surface area contributed by atoms with Gasteiger partial charge in [0.2, 0.25) is 0 Å². The summed E-state index contributed by atoms with van der Waals surface area (Å²) in [7, 11) is 0. The molecule has 1 rings (SSSR count). The first kappa shape index (κ1) is 14.3. The van der Waals surface area contributed by atoms with Gasteiger partial charge >= 0.3 is 5.97 Å². The van der Waals surface area contributed by atoms with Crippen molar-refractivity contribution in [1.82, 2.24) is 0 Å². The van der Waals surface area contributed by atoms with Gasteiger partial charge in [-0.3, -0.25) is 4.79 Å². The topological polar surface area (TPSA) is 63.3 Å². The van der Waals surface area contributed by atoms with Gasteiger partial charge in [0.05, 0.1) is 10.0 Å². The van der Waals surface area contributed by atoms with Crippen LogP contribution >= 0.6 is 23.2 Å². The number of hydrogen-bond acceptors (Lipinski definition) is 2. The van der Waals surface area contributed by atoms with E-state index in [1.807, 2.05) is 13.0 Å². The molecule has 94 valence electrons. The van der Waals surface area contributed by atoms with Crippen LogP contribution < -0.4 is 5.73 Å². The molecule has 0 aliphatic carbocycles. The van der Waals surface area contributed by atoms with E-state index in [2.05, 4.69) is 0 Å². The Bertz CT molecular complexity index is 409. The third-order valence-electron chi connectivity index (χ3n) is 2.55. The zero-order valence-electron chi connectivity index (χ0n) is 9.49. The predicted octanol–water partition coefficient (Wildman–Crippen LogP) is 3.49. The number of carboxylic acids is 1. The number of aliphatic carboxylic acids is 1. The number of benzene rings is 1. The first-order valence-corrected chi connectivity index (χ1v) is 6.08. The molecule has 3 N–H and O–H groups in total. The predicted molar refractivity (Wildman–Crippen MR) is 69.4 cm³/mol. The first-order valence-electron chi connectivity index (χ1n) is 5.32. The van der Waals surface area contributed by atoms with Gasteiger partial charge in [0.1, 0.15) is 0 Å². The van der Waals surface area contributed by atoms with Crippen molar-refractivity contribution in [2.24, 2.45) is 11.7 Å². The van der Waals surface area contributed by atoms with E-state index in [4.69, 9.17) is 34.0 Å². The minimum atomic E-state index is -0.807. The Morgan fingerprint density at radius 2 is 2.06 bits per heavy atom. The number of carboxylic acid groups (broad SMARTS) is 1. The summed E-state index contributed by atoms with van der Waals surface area (Å²) in [6.07, 6.45) is 0.722. The molecule has 0 heterocycles. The van der Waals surface area contributed by atoms with E-state index in [9.17, 15) is 4.79 Å². The standard InChI is InChI=1S/C12H15Cl2NO2/c1-7(5-12(16)17)4-11(15)8-2-3-9(13)10(14)6-8/h2-3,6-7,11H,4-5,15H2,1H3,(H,16,17). The summed E-state index contributed by atoms with van der Waals surface area (Å²) < 4.78 is 0. The quantitative estimate of drug-likeness (QED) is 0.865. The minimum absolute atomic E-state index is 0.0250. The third-order valence-corrected chi connectivity index (χ3v) is 3.29. The van der Waals surface area contributed by atoms with Crippen LogP contribution in [0.1, 0.15) is 31.4 Å². The van der Waals surface area contributed by atoms with E-state index in [1.165, 1.54) is 0 Å². The summed E-state index contributed by atoms with van der Waals surface area (Å²) in [6.45, 7) is 1.87. The fourth-order valence-corrected chi connectivity index (χ4v) is 2.00. The van der Waals surface area contributed by atoms with Crippen LogP contribution in [0.15, 0.2) is 18.2 Å². The fraction of sp³-hybridized carbons (Fsp3) is 0.417. The third kappa shape index (κ3) is 4.54. The molecule has 0 saturated carbocycles. The molecule has 1 aromatic carbocycles. The molecule has 17 heavy (non-hydrogen) atoms. The van der Waals surface area contributed by atoms with Crippen LogP contribution in [0.25, 0.3) is 0 Å². The molecule has 0 aromatic heterocycles. The van der Waals surface area contributed by atoms with Gasteiger partial charge in [-0.05, 0) is 30.0 Å². The van der Waals surface area contributed by atoms with E-state index >= 15 is 0 Å². The van der Waals surface area contributed by atoms with Crippen molar-refractivity contribution in [3.05, 3.63) is 33.8 Å². The van der Waals surface area contributed by atoms with Gasteiger partial charge < -0.3 is 10.8 Å². The molecule has 0 aliphatic rings. The van der Waals surface area contributed by atoms with Crippen LogP contribution in [0.5, 0.6) is 0 Å². The molecule has 0 radical (unpaired) electrons. The lowest BCUT2D eigenvalue weighted by molar-refractivity contribution is -0.138. The van der Waals surface area contributed by atoms with Gasteiger partial charge in [-0.25, -0.2) is 0 Å². The summed E-state index contributed by atoms with van der Waals surface area (Å²) in [5.74, 6) is -0.782. The van der Waals surface area contributed by atoms with E-state index in [0.717, 1.165) is 5.56 Å². The molecule has 0 bridgehead atoms. The second kappa shape index (κ2) is 6.24. The van der Waals surface area contributed by atoms with Crippen LogP contribution in [0.4, 0.5) is 0 Å². The van der Waals surface area contributed by atoms with Gasteiger partial charge in [-0.2, -0.15) is 0 Å². The summed E-state index contributed by atoms with van der Waals surface area (Å²) in [4.78, 5) is 10.5. The Morgan fingerprint density at radius 3 is 2.59 bits per heavy atom. The van der Waals surface area contributed by atoms with Gasteiger partial charge in [-0.15, -0.1) is 0 Å². The molecule has 5 heteroatoms. The lowest BCUT2D eigenvalue weighted by Crippen LogP contribution is -2.16. The Hall–Kier alpha value is -0.770. The average molecular weight is 276 g/mol.